The number of hydrogen-bond acceptors (Lipinski definition) is 3. The van der Waals surface area contributed by atoms with Gasteiger partial charge in [0.15, 0.2) is 0 Å². The summed E-state index contributed by atoms with van der Waals surface area (Å²) in [6.45, 7) is 2.60. The van der Waals surface area contributed by atoms with Crippen molar-refractivity contribution in [1.29, 1.82) is 0 Å². The molecule has 0 aliphatic carbocycles. The second-order valence-corrected chi connectivity index (χ2v) is 7.97. The lowest BCUT2D eigenvalue weighted by atomic mass is 9.96. The Hall–Kier alpha value is -3.38. The van der Waals surface area contributed by atoms with Crippen molar-refractivity contribution >= 4 is 32.7 Å². The van der Waals surface area contributed by atoms with Crippen molar-refractivity contribution < 1.29 is 14.6 Å². The van der Waals surface area contributed by atoms with Crippen LogP contribution in [0.2, 0.25) is 0 Å². The maximum atomic E-state index is 13.4. The number of hydrogen-bond donors (Lipinski definition) is 1. The zero-order valence-corrected chi connectivity index (χ0v) is 18.4. The molecular weight excluding hydrogens is 458 g/mol. The summed E-state index contributed by atoms with van der Waals surface area (Å²) in [5, 5.41) is 11.2. The Morgan fingerprint density at radius 1 is 1.00 bits per heavy atom. The Bertz CT molecular complexity index is 1310. The van der Waals surface area contributed by atoms with E-state index >= 15 is 0 Å². The molecule has 0 spiro atoms. The second kappa shape index (κ2) is 8.78. The molecule has 0 fully saturated rings. The number of pyridine rings is 1. The van der Waals surface area contributed by atoms with Crippen molar-refractivity contribution in [3.05, 3.63) is 98.9 Å². The van der Waals surface area contributed by atoms with Gasteiger partial charge in [-0.05, 0) is 53.8 Å². The largest absolute Gasteiger partial charge is 0.494 e. The number of aromatic carboxylic acids is 1. The Balaban J connectivity index is 2.00. The van der Waals surface area contributed by atoms with Crippen LogP contribution in [-0.2, 0) is 6.54 Å². The molecule has 4 aromatic rings. The highest BCUT2D eigenvalue weighted by Crippen LogP contribution is 2.32. The first-order chi connectivity index (χ1) is 15.0. The van der Waals surface area contributed by atoms with Crippen molar-refractivity contribution in [2.45, 2.75) is 13.5 Å². The number of halogens is 1. The molecular formula is C25H20BrNO4. The summed E-state index contributed by atoms with van der Waals surface area (Å²) in [7, 11) is 0. The Labute approximate surface area is 187 Å². The van der Waals surface area contributed by atoms with Gasteiger partial charge in [-0.3, -0.25) is 9.36 Å². The molecule has 0 unspecified atom stereocenters. The molecule has 0 atom stereocenters. The molecule has 0 bridgehead atoms. The van der Waals surface area contributed by atoms with Gasteiger partial charge in [0.05, 0.1) is 13.2 Å². The quantitative estimate of drug-likeness (QED) is 0.393. The monoisotopic (exact) mass is 477 g/mol. The Morgan fingerprint density at radius 2 is 1.71 bits per heavy atom. The molecule has 156 valence electrons. The molecule has 0 saturated carbocycles. The van der Waals surface area contributed by atoms with Crippen molar-refractivity contribution in [2.24, 2.45) is 0 Å². The lowest BCUT2D eigenvalue weighted by molar-refractivity contribution is 0.0685. The molecule has 5 nitrogen and oxygen atoms in total. The van der Waals surface area contributed by atoms with Crippen LogP contribution in [0.1, 0.15) is 23.0 Å². The smallest absolute Gasteiger partial charge is 0.353 e. The maximum Gasteiger partial charge on any atom is 0.353 e. The van der Waals surface area contributed by atoms with E-state index < -0.39 is 5.97 Å². The van der Waals surface area contributed by atoms with Gasteiger partial charge in [0.25, 0.3) is 5.56 Å². The number of rotatable bonds is 6. The van der Waals surface area contributed by atoms with E-state index in [0.29, 0.717) is 22.9 Å². The van der Waals surface area contributed by atoms with Crippen molar-refractivity contribution in [1.82, 2.24) is 4.57 Å². The highest BCUT2D eigenvalue weighted by atomic mass is 79.9. The summed E-state index contributed by atoms with van der Waals surface area (Å²) in [6.07, 6.45) is 0. The van der Waals surface area contributed by atoms with E-state index in [9.17, 15) is 14.7 Å². The van der Waals surface area contributed by atoms with E-state index in [1.807, 2.05) is 61.5 Å². The summed E-state index contributed by atoms with van der Waals surface area (Å²) in [5.74, 6) is -0.422. The maximum absolute atomic E-state index is 13.4. The highest BCUT2D eigenvalue weighted by molar-refractivity contribution is 9.10. The van der Waals surface area contributed by atoms with E-state index in [1.165, 1.54) is 4.57 Å². The fourth-order valence-electron chi connectivity index (χ4n) is 3.73. The lowest BCUT2D eigenvalue weighted by Crippen LogP contribution is -2.28. The van der Waals surface area contributed by atoms with Crippen LogP contribution in [0.4, 0.5) is 0 Å². The van der Waals surface area contributed by atoms with Crippen LogP contribution in [0.3, 0.4) is 0 Å². The second-order valence-electron chi connectivity index (χ2n) is 7.05. The first kappa shape index (κ1) is 20.9. The van der Waals surface area contributed by atoms with Crippen LogP contribution in [0.5, 0.6) is 5.75 Å². The third-order valence-corrected chi connectivity index (χ3v) is 5.57. The first-order valence-electron chi connectivity index (χ1n) is 9.86. The van der Waals surface area contributed by atoms with E-state index in [1.54, 1.807) is 18.2 Å². The fourth-order valence-corrected chi connectivity index (χ4v) is 4.09. The molecule has 0 aliphatic heterocycles. The van der Waals surface area contributed by atoms with Gasteiger partial charge in [-0.15, -0.1) is 0 Å². The normalized spacial score (nSPS) is 10.9. The summed E-state index contributed by atoms with van der Waals surface area (Å²) in [6, 6.07) is 21.9. The zero-order chi connectivity index (χ0) is 22.0. The molecule has 0 aliphatic rings. The van der Waals surface area contributed by atoms with Gasteiger partial charge in [0.2, 0.25) is 0 Å². The van der Waals surface area contributed by atoms with Crippen LogP contribution in [0, 0.1) is 0 Å². The first-order valence-corrected chi connectivity index (χ1v) is 10.7. The zero-order valence-electron chi connectivity index (χ0n) is 16.8. The molecule has 3 aromatic carbocycles. The highest BCUT2D eigenvalue weighted by Gasteiger charge is 2.23. The van der Waals surface area contributed by atoms with Crippen LogP contribution in [-0.4, -0.2) is 22.2 Å². The predicted octanol–water partition coefficient (Wildman–Crippen LogP) is 5.58. The SMILES string of the molecule is CCOc1ccc(Cn2c(C(=O)O)c(-c3ccccc3)c3cc(Br)ccc3c2=O)cc1. The average Bonchev–Trinajstić information content (AvgIpc) is 2.77. The molecule has 31 heavy (non-hydrogen) atoms. The van der Waals surface area contributed by atoms with Crippen LogP contribution < -0.4 is 10.3 Å². The molecule has 4 rings (SSSR count). The van der Waals surface area contributed by atoms with Crippen molar-refractivity contribution in [3.63, 3.8) is 0 Å². The van der Waals surface area contributed by atoms with Crippen LogP contribution in [0.15, 0.2) is 82.1 Å². The number of benzene rings is 3. The lowest BCUT2D eigenvalue weighted by Gasteiger charge is -2.18. The third-order valence-electron chi connectivity index (χ3n) is 5.07. The standard InChI is InChI=1S/C25H20BrNO4/c1-2-31-19-11-8-16(9-12-19)15-27-23(25(29)30)22(17-6-4-3-5-7-17)21-14-18(26)10-13-20(21)24(27)28/h3-14H,2,15H2,1H3,(H,29,30). The van der Waals surface area contributed by atoms with Gasteiger partial charge >= 0.3 is 5.97 Å². The number of carboxylic acid groups (broad SMARTS) is 1. The van der Waals surface area contributed by atoms with E-state index in [-0.39, 0.29) is 17.8 Å². The molecule has 1 aromatic heterocycles. The van der Waals surface area contributed by atoms with Crippen LogP contribution >= 0.6 is 15.9 Å². The summed E-state index contributed by atoms with van der Waals surface area (Å²) in [5.41, 5.74) is 1.70. The number of fused-ring (bicyclic) bond motifs is 1. The summed E-state index contributed by atoms with van der Waals surface area (Å²) in [4.78, 5) is 25.8. The van der Waals surface area contributed by atoms with E-state index in [0.717, 1.165) is 21.3 Å². The van der Waals surface area contributed by atoms with Gasteiger partial charge in [-0.25, -0.2) is 4.79 Å². The number of nitrogens with zero attached hydrogens (tertiary/aromatic N) is 1. The van der Waals surface area contributed by atoms with Crippen molar-refractivity contribution in [2.75, 3.05) is 6.61 Å². The van der Waals surface area contributed by atoms with Gasteiger partial charge in [-0.2, -0.15) is 0 Å². The number of aromatic nitrogens is 1. The van der Waals surface area contributed by atoms with Gasteiger partial charge in [0, 0.05) is 15.4 Å². The van der Waals surface area contributed by atoms with Gasteiger partial charge in [0.1, 0.15) is 11.4 Å². The topological polar surface area (TPSA) is 68.5 Å². The van der Waals surface area contributed by atoms with Gasteiger partial charge < -0.3 is 9.84 Å². The number of carbonyl (C=O) groups is 1. The number of carboxylic acids is 1. The van der Waals surface area contributed by atoms with Crippen molar-refractivity contribution in [3.8, 4) is 16.9 Å². The van der Waals surface area contributed by atoms with E-state index in [4.69, 9.17) is 4.74 Å². The van der Waals surface area contributed by atoms with E-state index in [2.05, 4.69) is 15.9 Å². The number of ether oxygens (including phenoxy) is 1. The predicted molar refractivity (Wildman–Crippen MR) is 125 cm³/mol. The Kier molecular flexibility index (Phi) is 5.91. The minimum absolute atomic E-state index is 0.0318. The Morgan fingerprint density at radius 3 is 2.35 bits per heavy atom. The molecule has 1 heterocycles. The molecule has 0 saturated heterocycles. The minimum atomic E-state index is -1.15. The fraction of sp³-hybridized carbons (Fsp3) is 0.120. The van der Waals surface area contributed by atoms with Crippen LogP contribution in [0.25, 0.3) is 21.9 Å². The average molecular weight is 478 g/mol. The molecule has 0 radical (unpaired) electrons. The molecule has 0 amide bonds. The molecule has 1 N–H and O–H groups in total. The summed E-state index contributed by atoms with van der Waals surface area (Å²) < 4.78 is 7.59. The van der Waals surface area contributed by atoms with Gasteiger partial charge in [-0.1, -0.05) is 58.4 Å². The third kappa shape index (κ3) is 4.11. The molecule has 6 heteroatoms. The summed E-state index contributed by atoms with van der Waals surface area (Å²) >= 11 is 3.45. The minimum Gasteiger partial charge on any atom is -0.494 e.